The number of piperidine rings is 1. The Hall–Kier alpha value is -1.77. The van der Waals surface area contributed by atoms with Crippen molar-refractivity contribution in [3.05, 3.63) is 64.4 Å². The fourth-order valence-electron chi connectivity index (χ4n) is 3.07. The molecule has 2 aromatic carbocycles. The summed E-state index contributed by atoms with van der Waals surface area (Å²) in [4.78, 5) is 14.3. The Kier molecular flexibility index (Phi) is 6.29. The summed E-state index contributed by atoms with van der Waals surface area (Å²) >= 11 is 3.28. The summed E-state index contributed by atoms with van der Waals surface area (Å²) in [6.07, 6.45) is 1.34. The van der Waals surface area contributed by atoms with E-state index in [0.717, 1.165) is 4.47 Å². The fourth-order valence-corrected chi connectivity index (χ4v) is 4.45. The predicted octanol–water partition coefficient (Wildman–Crippen LogP) is 3.42. The molecule has 1 aliphatic heterocycles. The molecule has 0 bridgehead atoms. The van der Waals surface area contributed by atoms with Crippen LogP contribution in [0.25, 0.3) is 0 Å². The summed E-state index contributed by atoms with van der Waals surface area (Å²) in [5.74, 6) is -0.700. The second-order valence-corrected chi connectivity index (χ2v) is 9.20. The number of rotatable bonds is 5. The summed E-state index contributed by atoms with van der Waals surface area (Å²) in [5.41, 5.74) is 0.0758. The van der Waals surface area contributed by atoms with Gasteiger partial charge in [-0.1, -0.05) is 28.1 Å². The first-order valence-electron chi connectivity index (χ1n) is 8.66. The van der Waals surface area contributed by atoms with Crippen LogP contribution >= 0.6 is 15.9 Å². The molecule has 5 nitrogen and oxygen atoms in total. The lowest BCUT2D eigenvalue weighted by Crippen LogP contribution is -2.41. The lowest BCUT2D eigenvalue weighted by Gasteiger charge is -2.32. The first-order chi connectivity index (χ1) is 12.9. The van der Waals surface area contributed by atoms with Crippen molar-refractivity contribution in [1.29, 1.82) is 0 Å². The van der Waals surface area contributed by atoms with Gasteiger partial charge in [-0.05, 0) is 55.2 Å². The zero-order valence-corrected chi connectivity index (χ0v) is 17.0. The number of benzene rings is 2. The minimum absolute atomic E-state index is 0.0758. The van der Waals surface area contributed by atoms with E-state index in [4.69, 9.17) is 0 Å². The largest absolute Gasteiger partial charge is 0.339 e. The Bertz CT molecular complexity index is 911. The molecule has 27 heavy (non-hydrogen) atoms. The molecular formula is C19H20BrFN2O3S. The van der Waals surface area contributed by atoms with Crippen LogP contribution in [0.2, 0.25) is 0 Å². The summed E-state index contributed by atoms with van der Waals surface area (Å²) in [7, 11) is -3.56. The van der Waals surface area contributed by atoms with E-state index >= 15 is 0 Å². The van der Waals surface area contributed by atoms with Crippen LogP contribution in [0.15, 0.2) is 57.9 Å². The van der Waals surface area contributed by atoms with Crippen LogP contribution < -0.4 is 4.72 Å². The van der Waals surface area contributed by atoms with Crippen LogP contribution in [0.1, 0.15) is 23.2 Å². The number of halogens is 2. The Morgan fingerprint density at radius 3 is 2.37 bits per heavy atom. The predicted molar refractivity (Wildman–Crippen MR) is 104 cm³/mol. The topological polar surface area (TPSA) is 66.5 Å². The second kappa shape index (κ2) is 8.50. The van der Waals surface area contributed by atoms with E-state index in [0.29, 0.717) is 32.5 Å². The molecule has 1 aliphatic rings. The van der Waals surface area contributed by atoms with Gasteiger partial charge in [0.25, 0.3) is 5.91 Å². The van der Waals surface area contributed by atoms with E-state index in [-0.39, 0.29) is 22.3 Å². The maximum atomic E-state index is 13.8. The molecule has 1 heterocycles. The molecule has 1 amide bonds. The summed E-state index contributed by atoms with van der Waals surface area (Å²) in [6.45, 7) is 1.29. The van der Waals surface area contributed by atoms with Crippen molar-refractivity contribution in [3.8, 4) is 0 Å². The van der Waals surface area contributed by atoms with Gasteiger partial charge < -0.3 is 4.90 Å². The van der Waals surface area contributed by atoms with Crippen molar-refractivity contribution in [2.24, 2.45) is 5.92 Å². The normalized spacial score (nSPS) is 15.7. The number of carbonyl (C=O) groups is 1. The Morgan fingerprint density at radius 1 is 1.11 bits per heavy atom. The van der Waals surface area contributed by atoms with Crippen molar-refractivity contribution < 1.29 is 17.6 Å². The molecule has 0 saturated carbocycles. The van der Waals surface area contributed by atoms with Gasteiger partial charge in [-0.3, -0.25) is 4.79 Å². The number of amides is 1. The molecule has 0 aromatic heterocycles. The minimum Gasteiger partial charge on any atom is -0.339 e. The smallest absolute Gasteiger partial charge is 0.256 e. The van der Waals surface area contributed by atoms with E-state index in [1.165, 1.54) is 12.1 Å². The number of nitrogens with zero attached hydrogens (tertiary/aromatic N) is 1. The zero-order chi connectivity index (χ0) is 19.4. The van der Waals surface area contributed by atoms with Crippen molar-refractivity contribution in [2.75, 3.05) is 19.6 Å². The van der Waals surface area contributed by atoms with Crippen LogP contribution in [0.3, 0.4) is 0 Å². The molecule has 1 N–H and O–H groups in total. The van der Waals surface area contributed by atoms with Crippen molar-refractivity contribution >= 4 is 31.9 Å². The fraction of sp³-hybridized carbons (Fsp3) is 0.316. The summed E-state index contributed by atoms with van der Waals surface area (Å²) < 4.78 is 41.9. The molecule has 0 aliphatic carbocycles. The van der Waals surface area contributed by atoms with Crippen molar-refractivity contribution in [2.45, 2.75) is 17.7 Å². The number of nitrogens with one attached hydrogen (secondary N) is 1. The van der Waals surface area contributed by atoms with Gasteiger partial charge in [0, 0.05) is 24.1 Å². The van der Waals surface area contributed by atoms with E-state index in [2.05, 4.69) is 20.7 Å². The third-order valence-corrected chi connectivity index (χ3v) is 6.66. The highest BCUT2D eigenvalue weighted by Gasteiger charge is 2.26. The van der Waals surface area contributed by atoms with Gasteiger partial charge in [-0.15, -0.1) is 0 Å². The maximum Gasteiger partial charge on any atom is 0.256 e. The molecule has 0 spiro atoms. The third-order valence-electron chi connectivity index (χ3n) is 4.69. The highest BCUT2D eigenvalue weighted by molar-refractivity contribution is 9.10. The van der Waals surface area contributed by atoms with Crippen LogP contribution in [-0.4, -0.2) is 38.9 Å². The molecule has 0 radical (unpaired) electrons. The van der Waals surface area contributed by atoms with Crippen LogP contribution in [-0.2, 0) is 10.0 Å². The van der Waals surface area contributed by atoms with E-state index < -0.39 is 15.8 Å². The molecule has 144 valence electrons. The van der Waals surface area contributed by atoms with Crippen LogP contribution in [0.4, 0.5) is 4.39 Å². The molecule has 1 fully saturated rings. The number of carbonyl (C=O) groups excluding carboxylic acids is 1. The Morgan fingerprint density at radius 2 is 1.74 bits per heavy atom. The van der Waals surface area contributed by atoms with Crippen molar-refractivity contribution in [3.63, 3.8) is 0 Å². The number of hydrogen-bond acceptors (Lipinski definition) is 3. The molecule has 0 unspecified atom stereocenters. The summed E-state index contributed by atoms with van der Waals surface area (Å²) in [6, 6.07) is 12.4. The molecule has 0 atom stereocenters. The van der Waals surface area contributed by atoms with Gasteiger partial charge in [0.05, 0.1) is 10.5 Å². The first-order valence-corrected chi connectivity index (χ1v) is 10.9. The number of likely N-dealkylation sites (tertiary alicyclic amines) is 1. The van der Waals surface area contributed by atoms with Gasteiger partial charge in [-0.25, -0.2) is 17.5 Å². The highest BCUT2D eigenvalue weighted by atomic mass is 79.9. The average Bonchev–Trinajstić information content (AvgIpc) is 2.67. The molecule has 8 heteroatoms. The maximum absolute atomic E-state index is 13.8. The monoisotopic (exact) mass is 454 g/mol. The Labute approximate surface area is 166 Å². The summed E-state index contributed by atoms with van der Waals surface area (Å²) in [5, 5.41) is 0. The molecule has 2 aromatic rings. The standard InChI is InChI=1S/C19H20BrFN2O3S/c20-15-5-7-16(8-6-15)27(25,26)22-13-14-9-11-23(12-10-14)19(24)17-3-1-2-4-18(17)21/h1-8,14,22H,9-13H2. The van der Waals surface area contributed by atoms with Gasteiger partial charge in [0.2, 0.25) is 10.0 Å². The van der Waals surface area contributed by atoms with E-state index in [1.54, 1.807) is 41.3 Å². The Balaban J connectivity index is 1.53. The zero-order valence-electron chi connectivity index (χ0n) is 14.6. The van der Waals surface area contributed by atoms with Gasteiger partial charge in [0.15, 0.2) is 0 Å². The average molecular weight is 455 g/mol. The molecule has 1 saturated heterocycles. The first kappa shape index (κ1) is 20.0. The quantitative estimate of drug-likeness (QED) is 0.752. The third kappa shape index (κ3) is 4.94. The van der Waals surface area contributed by atoms with Gasteiger partial charge in [-0.2, -0.15) is 0 Å². The van der Waals surface area contributed by atoms with Crippen LogP contribution in [0.5, 0.6) is 0 Å². The van der Waals surface area contributed by atoms with E-state index in [9.17, 15) is 17.6 Å². The lowest BCUT2D eigenvalue weighted by molar-refractivity contribution is 0.0687. The highest BCUT2D eigenvalue weighted by Crippen LogP contribution is 2.21. The molecular weight excluding hydrogens is 435 g/mol. The van der Waals surface area contributed by atoms with Gasteiger partial charge in [0.1, 0.15) is 5.82 Å². The van der Waals surface area contributed by atoms with Crippen LogP contribution in [0, 0.1) is 11.7 Å². The lowest BCUT2D eigenvalue weighted by atomic mass is 9.96. The number of sulfonamides is 1. The van der Waals surface area contributed by atoms with Gasteiger partial charge >= 0.3 is 0 Å². The minimum atomic E-state index is -3.56. The molecule has 3 rings (SSSR count). The number of hydrogen-bond donors (Lipinski definition) is 1. The van der Waals surface area contributed by atoms with Crippen molar-refractivity contribution in [1.82, 2.24) is 9.62 Å². The SMILES string of the molecule is O=C(c1ccccc1F)N1CCC(CNS(=O)(=O)c2ccc(Br)cc2)CC1. The van der Waals surface area contributed by atoms with E-state index in [1.807, 2.05) is 0 Å². The second-order valence-electron chi connectivity index (χ2n) is 6.52.